The van der Waals surface area contributed by atoms with Gasteiger partial charge in [-0.3, -0.25) is 9.69 Å². The third-order valence-corrected chi connectivity index (χ3v) is 9.30. The van der Waals surface area contributed by atoms with Crippen LogP contribution in [0.15, 0.2) is 81.0 Å². The van der Waals surface area contributed by atoms with Gasteiger partial charge in [0.05, 0.1) is 22.9 Å². The van der Waals surface area contributed by atoms with Crippen LogP contribution in [0.5, 0.6) is 5.75 Å². The van der Waals surface area contributed by atoms with E-state index in [1.54, 1.807) is 13.0 Å². The van der Waals surface area contributed by atoms with Crippen molar-refractivity contribution in [3.63, 3.8) is 0 Å². The summed E-state index contributed by atoms with van der Waals surface area (Å²) in [5, 5.41) is 0. The Labute approximate surface area is 263 Å². The Bertz CT molecular complexity index is 1380. The first-order valence-corrected chi connectivity index (χ1v) is 16.0. The van der Waals surface area contributed by atoms with E-state index in [0.29, 0.717) is 31.1 Å². The molecule has 0 amide bonds. The second-order valence-electron chi connectivity index (χ2n) is 10.8. The van der Waals surface area contributed by atoms with Crippen molar-refractivity contribution in [2.45, 2.75) is 29.3 Å². The lowest BCUT2D eigenvalue weighted by molar-refractivity contribution is -0.149. The third-order valence-electron chi connectivity index (χ3n) is 7.64. The van der Waals surface area contributed by atoms with Gasteiger partial charge in [0, 0.05) is 53.5 Å². The highest BCUT2D eigenvalue weighted by molar-refractivity contribution is 9.10. The van der Waals surface area contributed by atoms with Crippen molar-refractivity contribution in [3.8, 4) is 5.75 Å². The van der Waals surface area contributed by atoms with Gasteiger partial charge >= 0.3 is 12.1 Å². The SMILES string of the molecule is CC(COc1ccc(Br)cc1)C(=O)OCCN1CCN(CCCN2c3ccccc3Sc3ccc(C(F)(F)F)cc32)CC1. The van der Waals surface area contributed by atoms with Crippen LogP contribution in [0.2, 0.25) is 0 Å². The molecule has 3 aromatic rings. The van der Waals surface area contributed by atoms with E-state index in [-0.39, 0.29) is 18.5 Å². The van der Waals surface area contributed by atoms with E-state index in [9.17, 15) is 18.0 Å². The molecule has 0 aromatic heterocycles. The quantitative estimate of drug-likeness (QED) is 0.197. The van der Waals surface area contributed by atoms with Crippen molar-refractivity contribution in [2.24, 2.45) is 5.92 Å². The fourth-order valence-electron chi connectivity index (χ4n) is 5.17. The molecule has 3 aromatic carbocycles. The molecule has 2 aliphatic heterocycles. The first-order valence-electron chi connectivity index (χ1n) is 14.4. The van der Waals surface area contributed by atoms with Gasteiger partial charge in [0.1, 0.15) is 19.0 Å². The number of hydrogen-bond donors (Lipinski definition) is 0. The van der Waals surface area contributed by atoms with Gasteiger partial charge < -0.3 is 19.3 Å². The Balaban J connectivity index is 1.04. The maximum atomic E-state index is 13.5. The molecular formula is C32H35BrF3N3O3S. The van der Waals surface area contributed by atoms with E-state index in [4.69, 9.17) is 9.47 Å². The molecule has 5 rings (SSSR count). The molecule has 0 spiro atoms. The lowest BCUT2D eigenvalue weighted by atomic mass is 10.1. The van der Waals surface area contributed by atoms with Gasteiger partial charge in [0.2, 0.25) is 0 Å². The molecule has 230 valence electrons. The molecule has 0 bridgehead atoms. The number of alkyl halides is 3. The Kier molecular flexibility index (Phi) is 10.6. The predicted molar refractivity (Wildman–Crippen MR) is 166 cm³/mol. The molecule has 2 aliphatic rings. The molecule has 0 aliphatic carbocycles. The number of esters is 1. The molecule has 43 heavy (non-hydrogen) atoms. The van der Waals surface area contributed by atoms with Crippen LogP contribution in [-0.2, 0) is 15.7 Å². The van der Waals surface area contributed by atoms with Gasteiger partial charge in [-0.25, -0.2) is 0 Å². The van der Waals surface area contributed by atoms with Gasteiger partial charge in [-0.1, -0.05) is 39.8 Å². The minimum absolute atomic E-state index is 0.260. The van der Waals surface area contributed by atoms with E-state index < -0.39 is 11.7 Å². The van der Waals surface area contributed by atoms with Crippen molar-refractivity contribution in [2.75, 3.05) is 63.9 Å². The summed E-state index contributed by atoms with van der Waals surface area (Å²) < 4.78 is 52.6. The van der Waals surface area contributed by atoms with Gasteiger partial charge in [0.15, 0.2) is 0 Å². The fraction of sp³-hybridized carbons (Fsp3) is 0.406. The van der Waals surface area contributed by atoms with Crippen molar-refractivity contribution in [3.05, 3.63) is 76.8 Å². The van der Waals surface area contributed by atoms with Crippen molar-refractivity contribution in [1.29, 1.82) is 0 Å². The number of rotatable bonds is 11. The van der Waals surface area contributed by atoms with E-state index >= 15 is 0 Å². The molecule has 11 heteroatoms. The van der Waals surface area contributed by atoms with Crippen LogP contribution in [0.1, 0.15) is 18.9 Å². The van der Waals surface area contributed by atoms with Crippen LogP contribution in [-0.4, -0.2) is 74.8 Å². The molecule has 1 unspecified atom stereocenters. The van der Waals surface area contributed by atoms with E-state index in [2.05, 4.69) is 25.7 Å². The monoisotopic (exact) mass is 677 g/mol. The molecule has 6 nitrogen and oxygen atoms in total. The molecular weight excluding hydrogens is 643 g/mol. The summed E-state index contributed by atoms with van der Waals surface area (Å²) in [6, 6.07) is 19.4. The second kappa shape index (κ2) is 14.4. The lowest BCUT2D eigenvalue weighted by Crippen LogP contribution is -2.47. The zero-order valence-electron chi connectivity index (χ0n) is 24.0. The van der Waals surface area contributed by atoms with Crippen LogP contribution in [0.4, 0.5) is 24.5 Å². The van der Waals surface area contributed by atoms with Gasteiger partial charge in [-0.15, -0.1) is 0 Å². The van der Waals surface area contributed by atoms with Gasteiger partial charge in [0.25, 0.3) is 0 Å². The summed E-state index contributed by atoms with van der Waals surface area (Å²) in [6.45, 7) is 8.12. The number of para-hydroxylation sites is 1. The Morgan fingerprint density at radius 2 is 1.58 bits per heavy atom. The van der Waals surface area contributed by atoms with E-state index in [1.807, 2.05) is 53.4 Å². The lowest BCUT2D eigenvalue weighted by Gasteiger charge is -2.36. The number of halogens is 4. The second-order valence-corrected chi connectivity index (χ2v) is 12.8. The smallest absolute Gasteiger partial charge is 0.416 e. The van der Waals surface area contributed by atoms with Gasteiger partial charge in [-0.05, 0) is 74.5 Å². The third kappa shape index (κ3) is 8.47. The van der Waals surface area contributed by atoms with Crippen LogP contribution in [0, 0.1) is 5.92 Å². The summed E-state index contributed by atoms with van der Waals surface area (Å²) in [4.78, 5) is 21.0. The summed E-state index contributed by atoms with van der Waals surface area (Å²) in [7, 11) is 0. The average molecular weight is 679 g/mol. The zero-order chi connectivity index (χ0) is 30.4. The Morgan fingerprint density at radius 1 is 0.907 bits per heavy atom. The standard InChI is InChI=1S/C32H35BrF3N3O3S/c1-23(22-42-26-10-8-25(33)9-11-26)31(40)41-20-19-38-17-15-37(16-18-38)13-4-14-39-27-5-2-3-6-29(27)43-30-12-7-24(21-28(30)39)32(34,35)36/h2-3,5-12,21,23H,4,13-20,22H2,1H3. The molecule has 0 radical (unpaired) electrons. The van der Waals surface area contributed by atoms with Crippen molar-refractivity contribution in [1.82, 2.24) is 9.80 Å². The fourth-order valence-corrected chi connectivity index (χ4v) is 6.51. The van der Waals surface area contributed by atoms with Crippen LogP contribution < -0.4 is 9.64 Å². The number of fused-ring (bicyclic) bond motifs is 2. The first-order chi connectivity index (χ1) is 20.7. The number of carbonyl (C=O) groups is 1. The number of ether oxygens (including phenoxy) is 2. The highest BCUT2D eigenvalue weighted by atomic mass is 79.9. The maximum Gasteiger partial charge on any atom is 0.416 e. The maximum absolute atomic E-state index is 13.5. The minimum atomic E-state index is -4.38. The van der Waals surface area contributed by atoms with Crippen LogP contribution >= 0.6 is 27.7 Å². The normalized spacial score (nSPS) is 16.3. The summed E-state index contributed by atoms with van der Waals surface area (Å²) >= 11 is 4.90. The summed E-state index contributed by atoms with van der Waals surface area (Å²) in [5.41, 5.74) is 0.946. The largest absolute Gasteiger partial charge is 0.493 e. The van der Waals surface area contributed by atoms with E-state index in [1.165, 1.54) is 23.9 Å². The highest BCUT2D eigenvalue weighted by Crippen LogP contribution is 2.49. The molecule has 1 fully saturated rings. The predicted octanol–water partition coefficient (Wildman–Crippen LogP) is 7.34. The topological polar surface area (TPSA) is 45.3 Å². The summed E-state index contributed by atoms with van der Waals surface area (Å²) in [5.74, 6) is 0.0798. The highest BCUT2D eigenvalue weighted by Gasteiger charge is 2.33. The molecule has 2 heterocycles. The van der Waals surface area contributed by atoms with E-state index in [0.717, 1.165) is 59.1 Å². The van der Waals surface area contributed by atoms with Crippen molar-refractivity contribution < 1.29 is 27.4 Å². The zero-order valence-corrected chi connectivity index (χ0v) is 26.4. The van der Waals surface area contributed by atoms with Crippen LogP contribution in [0.25, 0.3) is 0 Å². The number of carbonyl (C=O) groups excluding carboxylic acids is 1. The first kappa shape index (κ1) is 31.7. The molecule has 0 N–H and O–H groups in total. The number of piperazine rings is 1. The van der Waals surface area contributed by atoms with Gasteiger partial charge in [-0.2, -0.15) is 13.2 Å². The molecule has 1 atom stereocenters. The molecule has 1 saturated heterocycles. The average Bonchev–Trinajstić information content (AvgIpc) is 3.00. The molecule has 0 saturated carbocycles. The number of hydrogen-bond acceptors (Lipinski definition) is 7. The number of anilines is 2. The number of benzene rings is 3. The Morgan fingerprint density at radius 3 is 2.30 bits per heavy atom. The minimum Gasteiger partial charge on any atom is -0.493 e. The number of nitrogens with zero attached hydrogens (tertiary/aromatic N) is 3. The van der Waals surface area contributed by atoms with Crippen molar-refractivity contribution >= 4 is 45.0 Å². The summed E-state index contributed by atoms with van der Waals surface area (Å²) in [6.07, 6.45) is -3.56. The Hall–Kier alpha value is -2.73. The van der Waals surface area contributed by atoms with Crippen LogP contribution in [0.3, 0.4) is 0 Å².